The highest BCUT2D eigenvalue weighted by Crippen LogP contribution is 2.25. The standard InChI is InChI=1S/C19H18N4O6/c1-12(13-6-3-2-4-7-13)23-17(26)16(25)22(19(23)28)11-15(24)21-18(27)20-10-14-8-5-9-29-14/h2-9,12H,10-11H2,1H3,(H2,20,21,24,27). The minimum Gasteiger partial charge on any atom is -0.467 e. The molecule has 1 fully saturated rings. The fourth-order valence-electron chi connectivity index (χ4n) is 2.82. The van der Waals surface area contributed by atoms with Crippen molar-refractivity contribution in [3.8, 4) is 0 Å². The number of hydrogen-bond donors (Lipinski definition) is 2. The monoisotopic (exact) mass is 398 g/mol. The Morgan fingerprint density at radius 3 is 2.41 bits per heavy atom. The molecule has 2 aromatic rings. The van der Waals surface area contributed by atoms with Gasteiger partial charge in [-0.3, -0.25) is 19.7 Å². The summed E-state index contributed by atoms with van der Waals surface area (Å²) >= 11 is 0. The Balaban J connectivity index is 1.59. The Hall–Kier alpha value is -3.95. The van der Waals surface area contributed by atoms with E-state index in [1.54, 1.807) is 49.4 Å². The van der Waals surface area contributed by atoms with Crippen molar-refractivity contribution < 1.29 is 28.4 Å². The molecule has 150 valence electrons. The number of nitrogens with zero attached hydrogens (tertiary/aromatic N) is 2. The molecule has 10 heteroatoms. The van der Waals surface area contributed by atoms with Crippen molar-refractivity contribution in [3.05, 3.63) is 60.1 Å². The summed E-state index contributed by atoms with van der Waals surface area (Å²) in [6.07, 6.45) is 1.43. The van der Waals surface area contributed by atoms with Gasteiger partial charge in [-0.05, 0) is 24.6 Å². The van der Waals surface area contributed by atoms with E-state index < -0.39 is 42.4 Å². The molecule has 2 N–H and O–H groups in total. The summed E-state index contributed by atoms with van der Waals surface area (Å²) in [6.45, 7) is 0.897. The maximum atomic E-state index is 12.6. The molecule has 1 aliphatic rings. The third-order valence-electron chi connectivity index (χ3n) is 4.31. The van der Waals surface area contributed by atoms with Gasteiger partial charge in [0, 0.05) is 0 Å². The number of carbonyl (C=O) groups is 5. The van der Waals surface area contributed by atoms with E-state index in [2.05, 4.69) is 5.32 Å². The van der Waals surface area contributed by atoms with Gasteiger partial charge in [0.2, 0.25) is 5.91 Å². The topological polar surface area (TPSA) is 129 Å². The van der Waals surface area contributed by atoms with Gasteiger partial charge in [-0.15, -0.1) is 0 Å². The number of rotatable bonds is 6. The number of imide groups is 3. The molecule has 2 heterocycles. The van der Waals surface area contributed by atoms with Crippen molar-refractivity contribution in [3.63, 3.8) is 0 Å². The molecule has 1 saturated heterocycles. The maximum Gasteiger partial charge on any atom is 0.335 e. The lowest BCUT2D eigenvalue weighted by Gasteiger charge is -2.22. The Labute approximate surface area is 165 Å². The third kappa shape index (κ3) is 4.32. The summed E-state index contributed by atoms with van der Waals surface area (Å²) in [5, 5.41) is 4.38. The van der Waals surface area contributed by atoms with E-state index in [-0.39, 0.29) is 6.54 Å². The molecule has 1 unspecified atom stereocenters. The largest absolute Gasteiger partial charge is 0.467 e. The fraction of sp³-hybridized carbons (Fsp3) is 0.211. The Morgan fingerprint density at radius 1 is 1.03 bits per heavy atom. The lowest BCUT2D eigenvalue weighted by molar-refractivity contribution is -0.144. The lowest BCUT2D eigenvalue weighted by Crippen LogP contribution is -2.46. The van der Waals surface area contributed by atoms with Gasteiger partial charge >= 0.3 is 23.9 Å². The van der Waals surface area contributed by atoms with Crippen LogP contribution in [0.3, 0.4) is 0 Å². The summed E-state index contributed by atoms with van der Waals surface area (Å²) in [6, 6.07) is 9.54. The Kier molecular flexibility index (Phi) is 5.72. The van der Waals surface area contributed by atoms with Crippen molar-refractivity contribution in [2.75, 3.05) is 6.54 Å². The molecule has 7 amide bonds. The Bertz CT molecular complexity index is 941. The number of nitrogens with one attached hydrogen (secondary N) is 2. The molecular formula is C19H18N4O6. The Morgan fingerprint density at radius 2 is 1.76 bits per heavy atom. The molecule has 1 aromatic carbocycles. The zero-order valence-corrected chi connectivity index (χ0v) is 15.5. The first-order valence-corrected chi connectivity index (χ1v) is 8.72. The smallest absolute Gasteiger partial charge is 0.335 e. The molecule has 29 heavy (non-hydrogen) atoms. The molecule has 0 bridgehead atoms. The van der Waals surface area contributed by atoms with E-state index in [9.17, 15) is 24.0 Å². The first-order chi connectivity index (χ1) is 13.9. The van der Waals surface area contributed by atoms with Crippen LogP contribution >= 0.6 is 0 Å². The number of benzene rings is 1. The van der Waals surface area contributed by atoms with Gasteiger partial charge in [0.05, 0.1) is 18.8 Å². The lowest BCUT2D eigenvalue weighted by atomic mass is 10.1. The van der Waals surface area contributed by atoms with Crippen LogP contribution in [0.25, 0.3) is 0 Å². The van der Waals surface area contributed by atoms with E-state index in [0.717, 1.165) is 4.90 Å². The highest BCUT2D eigenvalue weighted by molar-refractivity contribution is 6.45. The van der Waals surface area contributed by atoms with Crippen LogP contribution in [0, 0.1) is 0 Å². The molecule has 1 atom stereocenters. The van der Waals surface area contributed by atoms with Crippen molar-refractivity contribution in [1.82, 2.24) is 20.4 Å². The van der Waals surface area contributed by atoms with Gasteiger partial charge in [-0.1, -0.05) is 30.3 Å². The summed E-state index contributed by atoms with van der Waals surface area (Å²) in [5.41, 5.74) is 0.658. The third-order valence-corrected chi connectivity index (χ3v) is 4.31. The predicted molar refractivity (Wildman–Crippen MR) is 97.9 cm³/mol. The van der Waals surface area contributed by atoms with Crippen LogP contribution in [-0.4, -0.2) is 46.1 Å². The number of furan rings is 1. The highest BCUT2D eigenvalue weighted by atomic mass is 16.3. The average Bonchev–Trinajstić information content (AvgIpc) is 3.30. The summed E-state index contributed by atoms with van der Waals surface area (Å²) < 4.78 is 5.04. The van der Waals surface area contributed by atoms with Crippen LogP contribution in [0.1, 0.15) is 24.3 Å². The van der Waals surface area contributed by atoms with Gasteiger partial charge in [0.1, 0.15) is 12.3 Å². The van der Waals surface area contributed by atoms with E-state index in [1.165, 1.54) is 6.26 Å². The van der Waals surface area contributed by atoms with Crippen molar-refractivity contribution in [2.24, 2.45) is 0 Å². The molecule has 0 saturated carbocycles. The molecule has 0 aliphatic carbocycles. The van der Waals surface area contributed by atoms with Crippen LogP contribution in [0.4, 0.5) is 9.59 Å². The van der Waals surface area contributed by atoms with Crippen LogP contribution in [0.5, 0.6) is 0 Å². The second kappa shape index (κ2) is 8.38. The van der Waals surface area contributed by atoms with Crippen molar-refractivity contribution in [2.45, 2.75) is 19.5 Å². The zero-order valence-electron chi connectivity index (χ0n) is 15.5. The van der Waals surface area contributed by atoms with E-state index in [0.29, 0.717) is 16.2 Å². The molecule has 3 rings (SSSR count). The van der Waals surface area contributed by atoms with E-state index >= 15 is 0 Å². The van der Waals surface area contributed by atoms with Crippen LogP contribution < -0.4 is 10.6 Å². The summed E-state index contributed by atoms with van der Waals surface area (Å²) in [4.78, 5) is 62.1. The van der Waals surface area contributed by atoms with Gasteiger partial charge < -0.3 is 9.73 Å². The first-order valence-electron chi connectivity index (χ1n) is 8.72. The van der Waals surface area contributed by atoms with Crippen molar-refractivity contribution >= 4 is 29.8 Å². The molecule has 0 radical (unpaired) electrons. The fourth-order valence-corrected chi connectivity index (χ4v) is 2.82. The molecule has 0 spiro atoms. The van der Waals surface area contributed by atoms with Crippen LogP contribution in [0.2, 0.25) is 0 Å². The van der Waals surface area contributed by atoms with Crippen LogP contribution in [-0.2, 0) is 20.9 Å². The van der Waals surface area contributed by atoms with E-state index in [4.69, 9.17) is 4.42 Å². The second-order valence-corrected chi connectivity index (χ2v) is 6.25. The van der Waals surface area contributed by atoms with Gasteiger partial charge in [-0.25, -0.2) is 19.4 Å². The second-order valence-electron chi connectivity index (χ2n) is 6.25. The quantitative estimate of drug-likeness (QED) is 0.555. The van der Waals surface area contributed by atoms with E-state index in [1.807, 2.05) is 5.32 Å². The number of amides is 7. The normalized spacial score (nSPS) is 14.9. The number of urea groups is 2. The zero-order chi connectivity index (χ0) is 21.0. The number of hydrogen-bond acceptors (Lipinski definition) is 6. The summed E-state index contributed by atoms with van der Waals surface area (Å²) in [7, 11) is 0. The maximum absolute atomic E-state index is 12.6. The number of carbonyl (C=O) groups excluding carboxylic acids is 5. The molecule has 1 aliphatic heterocycles. The van der Waals surface area contributed by atoms with Gasteiger partial charge in [-0.2, -0.15) is 0 Å². The van der Waals surface area contributed by atoms with Crippen molar-refractivity contribution in [1.29, 1.82) is 0 Å². The first kappa shape index (κ1) is 19.8. The predicted octanol–water partition coefficient (Wildman–Crippen LogP) is 1.16. The van der Waals surface area contributed by atoms with Crippen LogP contribution in [0.15, 0.2) is 53.1 Å². The average molecular weight is 398 g/mol. The minimum atomic E-state index is -1.12. The van der Waals surface area contributed by atoms with Gasteiger partial charge in [0.25, 0.3) is 0 Å². The van der Waals surface area contributed by atoms with Gasteiger partial charge in [0.15, 0.2) is 0 Å². The molecule has 10 nitrogen and oxygen atoms in total. The minimum absolute atomic E-state index is 0.0501. The SMILES string of the molecule is CC(c1ccccc1)N1C(=O)C(=O)N(CC(=O)NC(=O)NCc2ccco2)C1=O. The highest BCUT2D eigenvalue weighted by Gasteiger charge is 2.47. The molecular weight excluding hydrogens is 380 g/mol. The summed E-state index contributed by atoms with van der Waals surface area (Å²) in [5.74, 6) is -2.58. The molecule has 1 aromatic heterocycles.